The quantitative estimate of drug-likeness (QED) is 0.688. The Balaban J connectivity index is 0.00000196. The molecule has 1 atom stereocenters. The molecule has 0 spiro atoms. The van der Waals surface area contributed by atoms with Crippen LogP contribution < -0.4 is 11.5 Å². The van der Waals surface area contributed by atoms with Crippen molar-refractivity contribution in [2.24, 2.45) is 11.5 Å². The maximum atomic E-state index is 11.6. The van der Waals surface area contributed by atoms with Crippen molar-refractivity contribution >= 4 is 36.0 Å². The summed E-state index contributed by atoms with van der Waals surface area (Å²) < 4.78 is 0. The van der Waals surface area contributed by atoms with E-state index in [1.807, 2.05) is 11.8 Å². The first-order valence-corrected chi connectivity index (χ1v) is 5.67. The molecule has 0 aromatic heterocycles. The van der Waals surface area contributed by atoms with E-state index in [-0.39, 0.29) is 24.7 Å². The minimum atomic E-state index is -0.768. The van der Waals surface area contributed by atoms with E-state index < -0.39 is 11.9 Å². The van der Waals surface area contributed by atoms with E-state index in [9.17, 15) is 9.59 Å². The monoisotopic (exact) mass is 253 g/mol. The molecule has 0 aliphatic carbocycles. The molecule has 4 N–H and O–H groups in total. The van der Waals surface area contributed by atoms with Gasteiger partial charge in [-0.25, -0.2) is 0 Å². The number of halogens is 1. The van der Waals surface area contributed by atoms with Gasteiger partial charge in [-0.3, -0.25) is 9.59 Å². The standard InChI is InChI=1S/C8H15N3O2S.ClH/c9-6(5-7(10)12)8(13)11-1-3-14-4-2-11;/h6H,1-5,9H2,(H2,10,12);1H/t6-;/m0./s1. The second kappa shape index (κ2) is 6.92. The van der Waals surface area contributed by atoms with Crippen molar-refractivity contribution in [3.63, 3.8) is 0 Å². The van der Waals surface area contributed by atoms with Gasteiger partial charge in [0.1, 0.15) is 0 Å². The molecule has 0 aromatic rings. The van der Waals surface area contributed by atoms with Crippen LogP contribution in [0.2, 0.25) is 0 Å². The number of rotatable bonds is 3. The molecule has 1 fully saturated rings. The Morgan fingerprint density at radius 2 is 1.87 bits per heavy atom. The van der Waals surface area contributed by atoms with Crippen molar-refractivity contribution < 1.29 is 9.59 Å². The third kappa shape index (κ3) is 4.72. The molecule has 1 saturated heterocycles. The number of nitrogens with zero attached hydrogens (tertiary/aromatic N) is 1. The van der Waals surface area contributed by atoms with Crippen LogP contribution in [0.15, 0.2) is 0 Å². The van der Waals surface area contributed by atoms with Crippen LogP contribution in [0.25, 0.3) is 0 Å². The van der Waals surface area contributed by atoms with Gasteiger partial charge in [-0.2, -0.15) is 11.8 Å². The van der Waals surface area contributed by atoms with Crippen LogP contribution in [-0.4, -0.2) is 47.4 Å². The van der Waals surface area contributed by atoms with Gasteiger partial charge >= 0.3 is 0 Å². The molecule has 0 unspecified atom stereocenters. The first-order chi connectivity index (χ1) is 6.61. The lowest BCUT2D eigenvalue weighted by atomic mass is 10.2. The number of amides is 2. The predicted molar refractivity (Wildman–Crippen MR) is 62.9 cm³/mol. The molecule has 5 nitrogen and oxygen atoms in total. The Bertz CT molecular complexity index is 234. The van der Waals surface area contributed by atoms with E-state index in [1.165, 1.54) is 0 Å². The smallest absolute Gasteiger partial charge is 0.240 e. The fourth-order valence-electron chi connectivity index (χ4n) is 1.32. The van der Waals surface area contributed by atoms with Gasteiger partial charge < -0.3 is 16.4 Å². The number of hydrogen-bond donors (Lipinski definition) is 2. The molecule has 1 aliphatic heterocycles. The molecule has 2 amide bonds. The summed E-state index contributed by atoms with van der Waals surface area (Å²) in [6.45, 7) is 1.44. The van der Waals surface area contributed by atoms with E-state index in [0.29, 0.717) is 0 Å². The topological polar surface area (TPSA) is 89.4 Å². The molecule has 88 valence electrons. The van der Waals surface area contributed by atoms with Crippen molar-refractivity contribution in [1.82, 2.24) is 4.90 Å². The molecule has 0 radical (unpaired) electrons. The summed E-state index contributed by atoms with van der Waals surface area (Å²) in [6.07, 6.45) is -0.0670. The number of carbonyl (C=O) groups excluding carboxylic acids is 2. The number of nitrogens with two attached hydrogens (primary N) is 2. The van der Waals surface area contributed by atoms with Crippen molar-refractivity contribution in [2.75, 3.05) is 24.6 Å². The fraction of sp³-hybridized carbons (Fsp3) is 0.750. The molecule has 7 heteroatoms. The molecule has 1 rings (SSSR count). The van der Waals surface area contributed by atoms with E-state index >= 15 is 0 Å². The van der Waals surface area contributed by atoms with Crippen molar-refractivity contribution in [1.29, 1.82) is 0 Å². The second-order valence-electron chi connectivity index (χ2n) is 3.21. The third-order valence-corrected chi connectivity index (χ3v) is 3.00. The molecular formula is C8H16ClN3O2S. The summed E-state index contributed by atoms with van der Waals surface area (Å²) in [6, 6.07) is -0.768. The lowest BCUT2D eigenvalue weighted by Crippen LogP contribution is -2.48. The Morgan fingerprint density at radius 3 is 2.33 bits per heavy atom. The summed E-state index contributed by atoms with van der Waals surface area (Å²) >= 11 is 1.82. The highest BCUT2D eigenvalue weighted by Gasteiger charge is 2.23. The highest BCUT2D eigenvalue weighted by atomic mass is 35.5. The second-order valence-corrected chi connectivity index (χ2v) is 4.44. The minimum Gasteiger partial charge on any atom is -0.370 e. The Morgan fingerprint density at radius 1 is 1.33 bits per heavy atom. The van der Waals surface area contributed by atoms with Gasteiger partial charge in [-0.15, -0.1) is 12.4 Å². The predicted octanol–water partition coefficient (Wildman–Crippen LogP) is -0.814. The maximum Gasteiger partial charge on any atom is 0.240 e. The first-order valence-electron chi connectivity index (χ1n) is 4.51. The zero-order chi connectivity index (χ0) is 10.6. The molecule has 1 aliphatic rings. The van der Waals surface area contributed by atoms with Crippen LogP contribution >= 0.6 is 24.2 Å². The molecule has 0 bridgehead atoms. The highest BCUT2D eigenvalue weighted by molar-refractivity contribution is 7.99. The van der Waals surface area contributed by atoms with E-state index in [0.717, 1.165) is 24.6 Å². The molecule has 0 saturated carbocycles. The number of carbonyl (C=O) groups is 2. The zero-order valence-corrected chi connectivity index (χ0v) is 9.98. The average molecular weight is 254 g/mol. The van der Waals surface area contributed by atoms with Gasteiger partial charge in [0.2, 0.25) is 11.8 Å². The molecule has 0 aromatic carbocycles. The normalized spacial score (nSPS) is 17.8. The van der Waals surface area contributed by atoms with E-state index in [1.54, 1.807) is 4.90 Å². The fourth-order valence-corrected chi connectivity index (χ4v) is 2.23. The Hall–Kier alpha value is -0.460. The zero-order valence-electron chi connectivity index (χ0n) is 8.35. The third-order valence-electron chi connectivity index (χ3n) is 2.06. The van der Waals surface area contributed by atoms with Crippen LogP contribution in [0, 0.1) is 0 Å². The Labute approximate surface area is 99.3 Å². The van der Waals surface area contributed by atoms with Crippen molar-refractivity contribution in [3.05, 3.63) is 0 Å². The average Bonchev–Trinajstić information content (AvgIpc) is 2.17. The lowest BCUT2D eigenvalue weighted by molar-refractivity contribution is -0.134. The largest absolute Gasteiger partial charge is 0.370 e. The van der Waals surface area contributed by atoms with Gasteiger partial charge in [0, 0.05) is 24.6 Å². The van der Waals surface area contributed by atoms with Crippen LogP contribution in [0.3, 0.4) is 0 Å². The van der Waals surface area contributed by atoms with Gasteiger partial charge in [0.05, 0.1) is 12.5 Å². The number of primary amides is 1. The van der Waals surface area contributed by atoms with Gasteiger partial charge in [-0.05, 0) is 0 Å². The van der Waals surface area contributed by atoms with Crippen LogP contribution in [0.1, 0.15) is 6.42 Å². The maximum absolute atomic E-state index is 11.6. The minimum absolute atomic E-state index is 0. The van der Waals surface area contributed by atoms with Gasteiger partial charge in [0.15, 0.2) is 0 Å². The van der Waals surface area contributed by atoms with Gasteiger partial charge in [-0.1, -0.05) is 0 Å². The molecule has 1 heterocycles. The van der Waals surface area contributed by atoms with Crippen LogP contribution in [0.4, 0.5) is 0 Å². The Kier molecular flexibility index (Phi) is 6.71. The molecule has 15 heavy (non-hydrogen) atoms. The molecular weight excluding hydrogens is 238 g/mol. The summed E-state index contributed by atoms with van der Waals surface area (Å²) in [5.74, 6) is 1.19. The number of thioether (sulfide) groups is 1. The van der Waals surface area contributed by atoms with Crippen molar-refractivity contribution in [2.45, 2.75) is 12.5 Å². The summed E-state index contributed by atoms with van der Waals surface area (Å²) in [4.78, 5) is 23.9. The van der Waals surface area contributed by atoms with Crippen molar-refractivity contribution in [3.8, 4) is 0 Å². The summed E-state index contributed by atoms with van der Waals surface area (Å²) in [5, 5.41) is 0. The van der Waals surface area contributed by atoms with Gasteiger partial charge in [0.25, 0.3) is 0 Å². The number of hydrogen-bond acceptors (Lipinski definition) is 4. The SMILES string of the molecule is Cl.NC(=O)C[C@H](N)C(=O)N1CCSCC1. The summed E-state index contributed by atoms with van der Waals surface area (Å²) in [7, 11) is 0. The highest BCUT2D eigenvalue weighted by Crippen LogP contribution is 2.10. The summed E-state index contributed by atoms with van der Waals surface area (Å²) in [5.41, 5.74) is 10.5. The van der Waals surface area contributed by atoms with E-state index in [4.69, 9.17) is 11.5 Å². The first kappa shape index (κ1) is 14.5. The van der Waals surface area contributed by atoms with Crippen LogP contribution in [-0.2, 0) is 9.59 Å². The lowest BCUT2D eigenvalue weighted by Gasteiger charge is -2.28. The van der Waals surface area contributed by atoms with E-state index in [2.05, 4.69) is 0 Å². The van der Waals surface area contributed by atoms with Crippen LogP contribution in [0.5, 0.6) is 0 Å².